The second kappa shape index (κ2) is 6.59. The Morgan fingerprint density at radius 3 is 1.52 bits per heavy atom. The van der Waals surface area contributed by atoms with Gasteiger partial charge < -0.3 is 18.9 Å². The molecule has 0 aliphatic heterocycles. The molecule has 0 bridgehead atoms. The van der Waals surface area contributed by atoms with Gasteiger partial charge >= 0.3 is 24.0 Å². The topological polar surface area (TPSA) is 114 Å². The second-order valence-corrected chi connectivity index (χ2v) is 3.71. The molecule has 0 aliphatic rings. The third kappa shape index (κ3) is 4.09. The lowest BCUT2D eigenvalue weighted by Gasteiger charge is -2.07. The fourth-order valence-electron chi connectivity index (χ4n) is 1.35. The predicted molar refractivity (Wildman–Crippen MR) is 68.4 cm³/mol. The van der Waals surface area contributed by atoms with Crippen LogP contribution in [0.1, 0.15) is 11.6 Å². The summed E-state index contributed by atoms with van der Waals surface area (Å²) in [6.07, 6.45) is 0. The van der Waals surface area contributed by atoms with Gasteiger partial charge in [-0.2, -0.15) is 9.97 Å². The molecule has 0 fully saturated rings. The maximum absolute atomic E-state index is 5.25. The Labute approximate surface area is 120 Å². The van der Waals surface area contributed by atoms with E-state index in [0.717, 1.165) is 0 Å². The molecule has 0 radical (unpaired) electrons. The third-order valence-corrected chi connectivity index (χ3v) is 2.15. The molecular formula is C11H14N6O4. The van der Waals surface area contributed by atoms with Gasteiger partial charge in [0.1, 0.15) is 11.6 Å². The van der Waals surface area contributed by atoms with Crippen molar-refractivity contribution in [3.63, 3.8) is 0 Å². The van der Waals surface area contributed by atoms with Crippen molar-refractivity contribution in [3.8, 4) is 24.0 Å². The van der Waals surface area contributed by atoms with Gasteiger partial charge in [0, 0.05) is 0 Å². The first-order valence-corrected chi connectivity index (χ1v) is 5.89. The first-order valence-electron chi connectivity index (χ1n) is 5.89. The summed E-state index contributed by atoms with van der Waals surface area (Å²) in [4.78, 5) is 23.7. The summed E-state index contributed by atoms with van der Waals surface area (Å²) < 4.78 is 20.3. The Bertz CT molecular complexity index is 581. The van der Waals surface area contributed by atoms with Crippen LogP contribution in [-0.2, 0) is 0 Å². The SMILES string of the molecule is COc1nc(OC)nc(OCOc2nc(C)nc(C)n2)n1. The Hall–Kier alpha value is -2.78. The highest BCUT2D eigenvalue weighted by atomic mass is 16.7. The van der Waals surface area contributed by atoms with Crippen molar-refractivity contribution < 1.29 is 18.9 Å². The molecule has 0 atom stereocenters. The summed E-state index contributed by atoms with van der Waals surface area (Å²) in [6.45, 7) is 3.30. The van der Waals surface area contributed by atoms with Gasteiger partial charge in [0.25, 0.3) is 0 Å². The van der Waals surface area contributed by atoms with E-state index >= 15 is 0 Å². The summed E-state index contributed by atoms with van der Waals surface area (Å²) in [7, 11) is 2.84. The van der Waals surface area contributed by atoms with Crippen LogP contribution in [-0.4, -0.2) is 50.9 Å². The molecule has 2 heterocycles. The minimum Gasteiger partial charge on any atom is -0.467 e. The van der Waals surface area contributed by atoms with Crippen molar-refractivity contribution in [2.75, 3.05) is 21.0 Å². The molecule has 2 aromatic heterocycles. The molecule has 0 aromatic carbocycles. The zero-order chi connectivity index (χ0) is 15.2. The number of methoxy groups -OCH3 is 2. The molecule has 112 valence electrons. The van der Waals surface area contributed by atoms with Crippen LogP contribution >= 0.6 is 0 Å². The highest BCUT2D eigenvalue weighted by Gasteiger charge is 2.09. The first-order chi connectivity index (χ1) is 10.1. The maximum Gasteiger partial charge on any atom is 0.328 e. The van der Waals surface area contributed by atoms with Crippen molar-refractivity contribution in [1.29, 1.82) is 0 Å². The van der Waals surface area contributed by atoms with Crippen LogP contribution in [0.25, 0.3) is 0 Å². The van der Waals surface area contributed by atoms with Gasteiger partial charge in [0.15, 0.2) is 0 Å². The van der Waals surface area contributed by atoms with E-state index in [-0.39, 0.29) is 30.8 Å². The Balaban J connectivity index is 1.99. The number of ether oxygens (including phenoxy) is 4. The third-order valence-electron chi connectivity index (χ3n) is 2.15. The van der Waals surface area contributed by atoms with Gasteiger partial charge in [0.05, 0.1) is 14.2 Å². The molecule has 0 aliphatic carbocycles. The van der Waals surface area contributed by atoms with E-state index in [4.69, 9.17) is 18.9 Å². The van der Waals surface area contributed by atoms with Crippen LogP contribution in [0.15, 0.2) is 0 Å². The van der Waals surface area contributed by atoms with Crippen molar-refractivity contribution >= 4 is 0 Å². The largest absolute Gasteiger partial charge is 0.467 e. The Morgan fingerprint density at radius 2 is 1.05 bits per heavy atom. The van der Waals surface area contributed by atoms with Crippen molar-refractivity contribution in [2.24, 2.45) is 0 Å². The predicted octanol–water partition coefficient (Wildman–Crippen LogP) is 0.106. The number of aryl methyl sites for hydroxylation is 2. The van der Waals surface area contributed by atoms with E-state index in [1.54, 1.807) is 13.8 Å². The minimum atomic E-state index is -0.181. The molecule has 0 saturated carbocycles. The molecule has 0 unspecified atom stereocenters. The van der Waals surface area contributed by atoms with E-state index in [0.29, 0.717) is 11.6 Å². The quantitative estimate of drug-likeness (QED) is 0.679. The lowest BCUT2D eigenvalue weighted by molar-refractivity contribution is 0.0974. The van der Waals surface area contributed by atoms with Crippen LogP contribution in [0.5, 0.6) is 24.0 Å². The average Bonchev–Trinajstić information content (AvgIpc) is 2.45. The highest BCUT2D eigenvalue weighted by molar-refractivity contribution is 5.08. The van der Waals surface area contributed by atoms with Crippen molar-refractivity contribution in [2.45, 2.75) is 13.8 Å². The van der Waals surface area contributed by atoms with E-state index < -0.39 is 0 Å². The molecule has 10 nitrogen and oxygen atoms in total. The second-order valence-electron chi connectivity index (χ2n) is 3.71. The zero-order valence-corrected chi connectivity index (χ0v) is 12.0. The highest BCUT2D eigenvalue weighted by Crippen LogP contribution is 2.13. The molecule has 0 amide bonds. The molecule has 0 N–H and O–H groups in total. The smallest absolute Gasteiger partial charge is 0.328 e. The zero-order valence-electron chi connectivity index (χ0n) is 12.0. The summed E-state index contributed by atoms with van der Waals surface area (Å²) in [5.74, 6) is 1.11. The van der Waals surface area contributed by atoms with E-state index in [2.05, 4.69) is 29.9 Å². The van der Waals surface area contributed by atoms with E-state index in [9.17, 15) is 0 Å². The monoisotopic (exact) mass is 294 g/mol. The molecule has 10 heteroatoms. The van der Waals surface area contributed by atoms with Gasteiger partial charge in [-0.3, -0.25) is 0 Å². The van der Waals surface area contributed by atoms with Gasteiger partial charge in [-0.1, -0.05) is 0 Å². The summed E-state index contributed by atoms with van der Waals surface area (Å²) >= 11 is 0. The molecule has 0 spiro atoms. The molecule has 2 rings (SSSR count). The molecule has 0 saturated heterocycles. The summed E-state index contributed by atoms with van der Waals surface area (Å²) in [5, 5.41) is 0. The molecule has 2 aromatic rings. The Morgan fingerprint density at radius 1 is 0.619 bits per heavy atom. The lowest BCUT2D eigenvalue weighted by atomic mass is 10.6. The van der Waals surface area contributed by atoms with Crippen LogP contribution in [0, 0.1) is 13.8 Å². The fourth-order valence-corrected chi connectivity index (χ4v) is 1.35. The number of rotatable bonds is 6. The summed E-state index contributed by atoms with van der Waals surface area (Å²) in [6, 6.07) is 0.307. The summed E-state index contributed by atoms with van der Waals surface area (Å²) in [5.41, 5.74) is 0. The standard InChI is InChI=1S/C11H14N6O4/c1-6-12-7(2)14-10(13-6)20-5-21-11-16-8(18-3)15-9(17-11)19-4/h5H2,1-4H3. The number of hydrogen-bond donors (Lipinski definition) is 0. The normalized spacial score (nSPS) is 10.1. The van der Waals surface area contributed by atoms with E-state index in [1.165, 1.54) is 14.2 Å². The van der Waals surface area contributed by atoms with Crippen LogP contribution in [0.3, 0.4) is 0 Å². The number of nitrogens with zero attached hydrogens (tertiary/aromatic N) is 6. The Kier molecular flexibility index (Phi) is 4.59. The maximum atomic E-state index is 5.25. The van der Waals surface area contributed by atoms with Crippen molar-refractivity contribution in [1.82, 2.24) is 29.9 Å². The van der Waals surface area contributed by atoms with Gasteiger partial charge in [-0.25, -0.2) is 4.98 Å². The number of aromatic nitrogens is 6. The first kappa shape index (κ1) is 14.6. The van der Waals surface area contributed by atoms with Gasteiger partial charge in [0.2, 0.25) is 6.79 Å². The van der Waals surface area contributed by atoms with E-state index in [1.807, 2.05) is 0 Å². The lowest BCUT2D eigenvalue weighted by Crippen LogP contribution is -2.12. The fraction of sp³-hybridized carbons (Fsp3) is 0.455. The average molecular weight is 294 g/mol. The van der Waals surface area contributed by atoms with Crippen LogP contribution in [0.4, 0.5) is 0 Å². The van der Waals surface area contributed by atoms with Gasteiger partial charge in [-0.15, -0.1) is 15.0 Å². The van der Waals surface area contributed by atoms with Crippen LogP contribution < -0.4 is 18.9 Å². The molecule has 21 heavy (non-hydrogen) atoms. The van der Waals surface area contributed by atoms with Crippen molar-refractivity contribution in [3.05, 3.63) is 11.6 Å². The van der Waals surface area contributed by atoms with Crippen LogP contribution in [0.2, 0.25) is 0 Å². The minimum absolute atomic E-state index is 0.00111. The molecular weight excluding hydrogens is 280 g/mol. The van der Waals surface area contributed by atoms with Gasteiger partial charge in [-0.05, 0) is 13.8 Å². The number of hydrogen-bond acceptors (Lipinski definition) is 10.